The number of piperidine rings is 1. The number of nitrogens with one attached hydrogen (secondary N) is 1. The topological polar surface area (TPSA) is 46.2 Å². The number of sulfone groups is 1. The van der Waals surface area contributed by atoms with Crippen LogP contribution in [0.15, 0.2) is 0 Å². The van der Waals surface area contributed by atoms with E-state index in [1.807, 2.05) is 0 Å². The minimum absolute atomic E-state index is 0.271. The molecule has 1 aliphatic heterocycles. The summed E-state index contributed by atoms with van der Waals surface area (Å²) in [5.41, 5.74) is 0. The van der Waals surface area contributed by atoms with Crippen molar-refractivity contribution in [3.05, 3.63) is 6.42 Å². The number of hydrogen-bond donors (Lipinski definition) is 1. The van der Waals surface area contributed by atoms with E-state index in [-0.39, 0.29) is 5.75 Å². The van der Waals surface area contributed by atoms with E-state index >= 15 is 0 Å². The molecule has 83 valence electrons. The Hall–Kier alpha value is -0.0900. The van der Waals surface area contributed by atoms with E-state index in [9.17, 15) is 8.42 Å². The Kier molecular flexibility index (Phi) is 4.89. The second kappa shape index (κ2) is 5.71. The van der Waals surface area contributed by atoms with Gasteiger partial charge in [-0.3, -0.25) is 0 Å². The highest BCUT2D eigenvalue weighted by molar-refractivity contribution is 7.91. The normalized spacial score (nSPS) is 19.8. The van der Waals surface area contributed by atoms with Crippen LogP contribution >= 0.6 is 0 Å². The average Bonchev–Trinajstić information content (AvgIpc) is 2.19. The van der Waals surface area contributed by atoms with Crippen molar-refractivity contribution in [3.63, 3.8) is 0 Å². The molecule has 0 unspecified atom stereocenters. The zero-order valence-corrected chi connectivity index (χ0v) is 9.65. The van der Waals surface area contributed by atoms with Gasteiger partial charge in [0.15, 0.2) is 0 Å². The van der Waals surface area contributed by atoms with Crippen molar-refractivity contribution < 1.29 is 8.42 Å². The van der Waals surface area contributed by atoms with E-state index in [4.69, 9.17) is 0 Å². The summed E-state index contributed by atoms with van der Waals surface area (Å²) in [6, 6.07) is 0. The predicted octanol–water partition coefficient (Wildman–Crippen LogP) is 1.02. The van der Waals surface area contributed by atoms with Crippen LogP contribution in [-0.2, 0) is 9.84 Å². The van der Waals surface area contributed by atoms with Crippen molar-refractivity contribution in [2.24, 2.45) is 5.92 Å². The Balaban J connectivity index is 2.14. The van der Waals surface area contributed by atoms with Gasteiger partial charge in [0.05, 0.1) is 5.75 Å². The van der Waals surface area contributed by atoms with Crippen molar-refractivity contribution in [2.45, 2.75) is 26.2 Å². The van der Waals surface area contributed by atoms with Crippen LogP contribution in [0.3, 0.4) is 0 Å². The van der Waals surface area contributed by atoms with Crippen LogP contribution in [0.1, 0.15) is 26.2 Å². The molecular formula is C10H20NO2S. The third kappa shape index (κ3) is 4.42. The average molecular weight is 218 g/mol. The molecule has 0 aromatic carbocycles. The first-order valence-electron chi connectivity index (χ1n) is 5.38. The molecule has 0 saturated carbocycles. The SMILES string of the molecule is CCS(=O)(=O)CC[CH]C1CCNCC1. The fourth-order valence-electron chi connectivity index (χ4n) is 1.71. The van der Waals surface area contributed by atoms with E-state index in [0.717, 1.165) is 32.4 Å². The Morgan fingerprint density at radius 2 is 2.00 bits per heavy atom. The fraction of sp³-hybridized carbons (Fsp3) is 0.900. The van der Waals surface area contributed by atoms with Gasteiger partial charge in [0.1, 0.15) is 9.84 Å². The zero-order valence-electron chi connectivity index (χ0n) is 8.83. The van der Waals surface area contributed by atoms with Crippen molar-refractivity contribution >= 4 is 9.84 Å². The molecule has 1 saturated heterocycles. The zero-order chi connectivity index (χ0) is 10.4. The van der Waals surface area contributed by atoms with Gasteiger partial charge in [0.2, 0.25) is 0 Å². The molecule has 14 heavy (non-hydrogen) atoms. The van der Waals surface area contributed by atoms with Gasteiger partial charge in [-0.2, -0.15) is 0 Å². The molecule has 0 spiro atoms. The first-order valence-corrected chi connectivity index (χ1v) is 7.20. The van der Waals surface area contributed by atoms with Crippen LogP contribution < -0.4 is 5.32 Å². The highest BCUT2D eigenvalue weighted by atomic mass is 32.2. The number of hydrogen-bond acceptors (Lipinski definition) is 3. The van der Waals surface area contributed by atoms with Gasteiger partial charge in [0.25, 0.3) is 0 Å². The molecule has 0 atom stereocenters. The molecule has 0 aromatic rings. The molecule has 1 rings (SSSR count). The monoisotopic (exact) mass is 218 g/mol. The fourth-order valence-corrected chi connectivity index (χ4v) is 2.49. The highest BCUT2D eigenvalue weighted by Gasteiger charge is 2.14. The lowest BCUT2D eigenvalue weighted by molar-refractivity contribution is 0.409. The molecule has 0 amide bonds. The van der Waals surface area contributed by atoms with Gasteiger partial charge < -0.3 is 5.32 Å². The lowest BCUT2D eigenvalue weighted by Crippen LogP contribution is -2.28. The van der Waals surface area contributed by atoms with Gasteiger partial charge in [0, 0.05) is 5.75 Å². The summed E-state index contributed by atoms with van der Waals surface area (Å²) >= 11 is 0. The van der Waals surface area contributed by atoms with Crippen molar-refractivity contribution in [1.82, 2.24) is 5.32 Å². The summed E-state index contributed by atoms with van der Waals surface area (Å²) in [5.74, 6) is 1.23. The lowest BCUT2D eigenvalue weighted by atomic mass is 9.94. The molecule has 1 N–H and O–H groups in total. The lowest BCUT2D eigenvalue weighted by Gasteiger charge is -2.21. The molecule has 0 aliphatic carbocycles. The minimum atomic E-state index is -2.77. The van der Waals surface area contributed by atoms with E-state index < -0.39 is 9.84 Å². The van der Waals surface area contributed by atoms with Crippen LogP contribution in [0.4, 0.5) is 0 Å². The Morgan fingerprint density at radius 3 is 2.57 bits per heavy atom. The van der Waals surface area contributed by atoms with Crippen molar-refractivity contribution in [3.8, 4) is 0 Å². The van der Waals surface area contributed by atoms with Crippen LogP contribution in [0.25, 0.3) is 0 Å². The molecule has 0 bridgehead atoms. The van der Waals surface area contributed by atoms with Crippen molar-refractivity contribution in [2.75, 3.05) is 24.6 Å². The van der Waals surface area contributed by atoms with E-state index in [0.29, 0.717) is 11.7 Å². The van der Waals surface area contributed by atoms with Gasteiger partial charge in [-0.05, 0) is 44.7 Å². The molecule has 1 aliphatic rings. The molecule has 3 nitrogen and oxygen atoms in total. The summed E-state index contributed by atoms with van der Waals surface area (Å²) in [4.78, 5) is 0. The molecule has 1 fully saturated rings. The first-order chi connectivity index (χ1) is 6.64. The van der Waals surface area contributed by atoms with E-state index in [1.165, 1.54) is 0 Å². The third-order valence-electron chi connectivity index (χ3n) is 2.75. The minimum Gasteiger partial charge on any atom is -0.317 e. The maximum Gasteiger partial charge on any atom is 0.150 e. The number of rotatable bonds is 5. The van der Waals surface area contributed by atoms with Gasteiger partial charge in [-0.15, -0.1) is 0 Å². The van der Waals surface area contributed by atoms with E-state index in [2.05, 4.69) is 11.7 Å². The summed E-state index contributed by atoms with van der Waals surface area (Å²) in [6.45, 7) is 3.85. The maximum absolute atomic E-state index is 11.2. The first kappa shape index (κ1) is 12.0. The maximum atomic E-state index is 11.2. The summed E-state index contributed by atoms with van der Waals surface area (Å²) in [5, 5.41) is 3.29. The van der Waals surface area contributed by atoms with Gasteiger partial charge in [-0.1, -0.05) is 6.92 Å². The molecule has 1 radical (unpaired) electrons. The molecule has 1 heterocycles. The third-order valence-corrected chi connectivity index (χ3v) is 4.49. The van der Waals surface area contributed by atoms with Crippen LogP contribution in [0.2, 0.25) is 0 Å². The summed E-state index contributed by atoms with van der Waals surface area (Å²) in [6.07, 6.45) is 5.23. The van der Waals surface area contributed by atoms with Crippen LogP contribution in [0.5, 0.6) is 0 Å². The Labute approximate surface area is 87.2 Å². The summed E-state index contributed by atoms with van der Waals surface area (Å²) in [7, 11) is -2.77. The van der Waals surface area contributed by atoms with Crippen LogP contribution in [-0.4, -0.2) is 33.0 Å². The molecule has 4 heteroatoms. The van der Waals surface area contributed by atoms with Crippen molar-refractivity contribution in [1.29, 1.82) is 0 Å². The largest absolute Gasteiger partial charge is 0.317 e. The van der Waals surface area contributed by atoms with Gasteiger partial charge in [-0.25, -0.2) is 8.42 Å². The molecule has 0 aromatic heterocycles. The molecular weight excluding hydrogens is 198 g/mol. The second-order valence-electron chi connectivity index (χ2n) is 3.85. The van der Waals surface area contributed by atoms with Gasteiger partial charge >= 0.3 is 0 Å². The predicted molar refractivity (Wildman–Crippen MR) is 58.8 cm³/mol. The van der Waals surface area contributed by atoms with Crippen LogP contribution in [0, 0.1) is 12.3 Å². The summed E-state index contributed by atoms with van der Waals surface area (Å²) < 4.78 is 22.4. The smallest absolute Gasteiger partial charge is 0.150 e. The van der Waals surface area contributed by atoms with E-state index in [1.54, 1.807) is 6.92 Å². The quantitative estimate of drug-likeness (QED) is 0.749. The highest BCUT2D eigenvalue weighted by Crippen LogP contribution is 2.16. The Bertz CT molecular complexity index is 243. The Morgan fingerprint density at radius 1 is 1.36 bits per heavy atom. The second-order valence-corrected chi connectivity index (χ2v) is 6.32. The standard InChI is InChI=1S/C10H20NO2S/c1-2-14(12,13)9-3-4-10-5-7-11-8-6-10/h4,10-11H,2-3,5-9H2,1H3.